The first-order chi connectivity index (χ1) is 24.5. The topological polar surface area (TPSA) is 198 Å². The van der Waals surface area contributed by atoms with Crippen LogP contribution in [0.4, 0.5) is 4.79 Å². The Bertz CT molecular complexity index is 1570. The highest BCUT2D eigenvalue weighted by Crippen LogP contribution is 2.84. The summed E-state index contributed by atoms with van der Waals surface area (Å²) < 4.78 is 26.4. The molecule has 1 saturated heterocycles. The van der Waals surface area contributed by atoms with Gasteiger partial charge in [-0.25, -0.2) is 4.79 Å². The molecule has 13 nitrogen and oxygen atoms in total. The summed E-state index contributed by atoms with van der Waals surface area (Å²) in [5.74, 6) is -1.50. The third kappa shape index (κ3) is 6.47. The van der Waals surface area contributed by atoms with Crippen LogP contribution in [0, 0.1) is 22.2 Å². The molecule has 7 rings (SSSR count). The zero-order valence-electron chi connectivity index (χ0n) is 30.9. The van der Waals surface area contributed by atoms with Crippen molar-refractivity contribution in [3.63, 3.8) is 0 Å². The molecule has 4 N–H and O–H groups in total. The van der Waals surface area contributed by atoms with Gasteiger partial charge in [-0.05, 0) is 75.0 Å². The molecule has 1 amide bonds. The number of carbonyl (C=O) groups is 5. The number of thiophene rings is 1. The number of ether oxygens (including phenoxy) is 5. The molecule has 1 spiro atoms. The number of hydrogen-bond donors (Lipinski definition) is 3. The van der Waals surface area contributed by atoms with Crippen molar-refractivity contribution < 1.29 is 57.9 Å². The van der Waals surface area contributed by atoms with Gasteiger partial charge in [0.15, 0.2) is 11.9 Å². The number of Topliss-reactive ketones (excluding diaryl/α,β-unsaturated/α-hetero) is 1. The number of methoxy groups -OCH3 is 1. The minimum absolute atomic E-state index is 0.0133. The quantitative estimate of drug-likeness (QED) is 0.203. The van der Waals surface area contributed by atoms with Gasteiger partial charge in [0.25, 0.3) is 0 Å². The average molecular weight is 748 g/mol. The molecule has 52 heavy (non-hydrogen) atoms. The van der Waals surface area contributed by atoms with Gasteiger partial charge in [-0.2, -0.15) is 0 Å². The van der Waals surface area contributed by atoms with Crippen LogP contribution in [0.15, 0.2) is 28.7 Å². The van der Waals surface area contributed by atoms with Gasteiger partial charge in [0.05, 0.1) is 43.4 Å². The van der Waals surface area contributed by atoms with Crippen LogP contribution in [0.25, 0.3) is 0 Å². The summed E-state index contributed by atoms with van der Waals surface area (Å²) in [6.07, 6.45) is 2.29. The summed E-state index contributed by atoms with van der Waals surface area (Å²) in [6.45, 7) is 9.04. The number of rotatable bonds is 7. The van der Waals surface area contributed by atoms with Crippen molar-refractivity contribution in [3.05, 3.63) is 33.5 Å². The van der Waals surface area contributed by atoms with Gasteiger partial charge >= 0.3 is 24.0 Å². The zero-order chi connectivity index (χ0) is 38.2. The maximum atomic E-state index is 14.4. The fourth-order valence-corrected chi connectivity index (χ4v) is 10.8. The van der Waals surface area contributed by atoms with E-state index in [0.29, 0.717) is 30.6 Å². The van der Waals surface area contributed by atoms with Crippen LogP contribution >= 0.6 is 11.3 Å². The third-order valence-electron chi connectivity index (χ3n) is 12.8. The van der Waals surface area contributed by atoms with Gasteiger partial charge in [-0.15, -0.1) is 11.3 Å². The van der Waals surface area contributed by atoms with E-state index in [1.165, 1.54) is 14.0 Å². The van der Waals surface area contributed by atoms with Crippen LogP contribution in [0.5, 0.6) is 0 Å². The van der Waals surface area contributed by atoms with E-state index >= 15 is 0 Å². The van der Waals surface area contributed by atoms with Crippen molar-refractivity contribution in [1.29, 1.82) is 0 Å². The Hall–Kier alpha value is -3.33. The van der Waals surface area contributed by atoms with Crippen molar-refractivity contribution >= 4 is 41.1 Å². The number of aliphatic hydroxyl groups excluding tert-OH is 1. The predicted octanol–water partition coefficient (Wildman–Crippen LogP) is 4.33. The number of nitrogens with two attached hydrogens (primary N) is 1. The van der Waals surface area contributed by atoms with E-state index in [1.54, 1.807) is 25.2 Å². The fraction of sp³-hybridized carbons (Fsp3) is 0.711. The molecule has 6 unspecified atom stereocenters. The highest BCUT2D eigenvalue weighted by Gasteiger charge is 2.89. The maximum absolute atomic E-state index is 14.4. The minimum atomic E-state index is -1.30. The lowest BCUT2D eigenvalue weighted by Gasteiger charge is -2.83. The van der Waals surface area contributed by atoms with E-state index in [9.17, 15) is 34.2 Å². The van der Waals surface area contributed by atoms with Crippen LogP contribution in [-0.2, 0) is 49.3 Å². The molecule has 9 atom stereocenters. The molecule has 6 aliphatic rings. The van der Waals surface area contributed by atoms with Crippen molar-refractivity contribution in [2.24, 2.45) is 27.9 Å². The second-order valence-electron chi connectivity index (χ2n) is 15.2. The molecule has 1 aliphatic heterocycles. The number of aliphatic hydroxyl groups is 2. The number of carbonyl (C=O) groups excluding carboxylic acids is 5. The maximum Gasteiger partial charge on any atom is 0.404 e. The van der Waals surface area contributed by atoms with Crippen molar-refractivity contribution in [2.45, 2.75) is 135 Å². The molecule has 1 aromatic heterocycles. The Morgan fingerprint density at radius 3 is 2.31 bits per heavy atom. The molecule has 0 bridgehead atoms. The molecule has 4 saturated carbocycles. The van der Waals surface area contributed by atoms with E-state index in [-0.39, 0.29) is 61.5 Å². The van der Waals surface area contributed by atoms with E-state index in [4.69, 9.17) is 24.7 Å². The summed E-state index contributed by atoms with van der Waals surface area (Å²) in [6, 6.07) is 3.91. The second kappa shape index (κ2) is 15.2. The molecule has 5 fully saturated rings. The smallest absolute Gasteiger partial charge is 0.404 e. The van der Waals surface area contributed by atoms with Crippen molar-refractivity contribution in [3.8, 4) is 0 Å². The van der Waals surface area contributed by atoms with Gasteiger partial charge in [0.1, 0.15) is 12.2 Å². The van der Waals surface area contributed by atoms with E-state index in [0.717, 1.165) is 30.6 Å². The van der Waals surface area contributed by atoms with Gasteiger partial charge in [0, 0.05) is 47.8 Å². The molecule has 0 aromatic carbocycles. The summed E-state index contributed by atoms with van der Waals surface area (Å²) >= 11 is 1.58. The first kappa shape index (κ1) is 39.9. The lowest BCUT2D eigenvalue weighted by Crippen LogP contribution is -2.88. The Morgan fingerprint density at radius 1 is 1.10 bits per heavy atom. The molecule has 288 valence electrons. The Labute approximate surface area is 308 Å². The van der Waals surface area contributed by atoms with Crippen molar-refractivity contribution in [1.82, 2.24) is 0 Å². The summed E-state index contributed by atoms with van der Waals surface area (Å²) in [5, 5.41) is 25.6. The molecule has 5 aliphatic carbocycles. The van der Waals surface area contributed by atoms with Crippen molar-refractivity contribution in [2.75, 3.05) is 13.7 Å². The fourth-order valence-electron chi connectivity index (χ4n) is 10.1. The van der Waals surface area contributed by atoms with Gasteiger partial charge < -0.3 is 39.6 Å². The molecule has 2 heterocycles. The Kier molecular flexibility index (Phi) is 11.6. The third-order valence-corrected chi connectivity index (χ3v) is 13.8. The number of primary amides is 1. The molecule has 0 radical (unpaired) electrons. The number of aryl methyl sites for hydroxylation is 1. The first-order valence-corrected chi connectivity index (χ1v) is 19.1. The number of fused-ring (bicyclic) bond motifs is 1. The largest absolute Gasteiger partial charge is 0.469 e. The van der Waals surface area contributed by atoms with Crippen LogP contribution in [-0.4, -0.2) is 89.8 Å². The molecular weight excluding hydrogens is 694 g/mol. The van der Waals surface area contributed by atoms with Crippen LogP contribution in [0.2, 0.25) is 0 Å². The molecule has 1 aromatic rings. The Morgan fingerprint density at radius 2 is 1.77 bits per heavy atom. The van der Waals surface area contributed by atoms with E-state index in [1.807, 2.05) is 31.4 Å². The first-order valence-electron chi connectivity index (χ1n) is 18.2. The SMILES string of the molecule is CCC(=O)OC1C(=O)[C@]2(C)C(O)CC3OCC3C23CC2(O)C[C@H](OC(=O)CCc4cccs4)C(C)=C1[C@@]23C.COC(C)=O.NC(=O)OC1CCCC1. The van der Waals surface area contributed by atoms with E-state index in [2.05, 4.69) is 4.74 Å². The monoisotopic (exact) mass is 747 g/mol. The van der Waals surface area contributed by atoms with Gasteiger partial charge in [-0.3, -0.25) is 19.2 Å². The molecular formula is C38H53NO12S. The molecule has 14 heteroatoms. The Balaban J connectivity index is 0.000000314. The standard InChI is InChI=1S/C29H36O8S.C6H11NO2.C3H6O2/c1-5-21(31)37-24-23-15(2)19(36-22(32)9-8-16-7-6-10-38-16)12-28(34)14-29(27(23,28)4)17-13-35-18(17)11-20(30)26(29,3)25(24)33;7-6(8)9-5-3-1-2-4-5;1-3(4)5-2/h6-7,10,17-20,24,30,34H,5,8-9,11-14H2,1-4H3;5H,1-4H2,(H2,7,8);1-2H3/t17?,18?,19-,20?,24?,26-,27-,28?,29?;;/m0../s1. The average Bonchev–Trinajstić information content (AvgIpc) is 3.80. The lowest BCUT2D eigenvalue weighted by molar-refractivity contribution is -0.388. The second-order valence-corrected chi connectivity index (χ2v) is 16.3. The summed E-state index contributed by atoms with van der Waals surface area (Å²) in [4.78, 5) is 60.7. The van der Waals surface area contributed by atoms with E-state index < -0.39 is 52.2 Å². The number of amides is 1. The summed E-state index contributed by atoms with van der Waals surface area (Å²) in [7, 11) is 1.35. The highest BCUT2D eigenvalue weighted by molar-refractivity contribution is 7.09. The number of esters is 3. The summed E-state index contributed by atoms with van der Waals surface area (Å²) in [5.41, 5.74) is 1.78. The highest BCUT2D eigenvalue weighted by atomic mass is 32.1. The minimum Gasteiger partial charge on any atom is -0.469 e. The number of ketones is 1. The zero-order valence-corrected chi connectivity index (χ0v) is 31.8. The van der Waals surface area contributed by atoms with Crippen LogP contribution in [0.1, 0.15) is 97.3 Å². The van der Waals surface area contributed by atoms with Gasteiger partial charge in [-0.1, -0.05) is 19.9 Å². The number of hydrogen-bond acceptors (Lipinski definition) is 13. The normalized spacial score (nSPS) is 36.8. The predicted molar refractivity (Wildman–Crippen MR) is 188 cm³/mol. The van der Waals surface area contributed by atoms with Crippen LogP contribution < -0.4 is 5.73 Å². The van der Waals surface area contributed by atoms with Crippen LogP contribution in [0.3, 0.4) is 0 Å². The van der Waals surface area contributed by atoms with Gasteiger partial charge in [0.2, 0.25) is 0 Å². The lowest BCUT2D eigenvalue weighted by atomic mass is 9.22.